The molecule has 1 spiro atoms. The molecule has 3 heterocycles. The van der Waals surface area contributed by atoms with Crippen molar-refractivity contribution in [2.45, 2.75) is 39.3 Å². The second-order valence-electron chi connectivity index (χ2n) is 8.47. The maximum absolute atomic E-state index is 12.9. The number of amides is 1. The number of ether oxygens (including phenoxy) is 1. The van der Waals surface area contributed by atoms with Gasteiger partial charge in [-0.15, -0.1) is 0 Å². The minimum Gasteiger partial charge on any atom is -0.457 e. The van der Waals surface area contributed by atoms with Gasteiger partial charge in [0.1, 0.15) is 6.61 Å². The van der Waals surface area contributed by atoms with E-state index >= 15 is 0 Å². The molecule has 0 N–H and O–H groups in total. The molecule has 2 aromatic carbocycles. The highest BCUT2D eigenvalue weighted by Crippen LogP contribution is 2.41. The van der Waals surface area contributed by atoms with Crippen LogP contribution in [-0.2, 0) is 22.7 Å². The number of benzene rings is 2. The molecule has 0 bridgehead atoms. The molecule has 146 valence electrons. The summed E-state index contributed by atoms with van der Waals surface area (Å²) in [5.74, 6) is 0.124. The molecule has 1 atom stereocenters. The van der Waals surface area contributed by atoms with Gasteiger partial charge in [0.2, 0.25) is 5.91 Å². The maximum Gasteiger partial charge on any atom is 0.339 e. The number of carbonyl (C=O) groups excluding carboxylic acids is 2. The second kappa shape index (κ2) is 6.59. The van der Waals surface area contributed by atoms with E-state index in [9.17, 15) is 9.59 Å². The molecular weight excluding hydrogens is 352 g/mol. The zero-order valence-electron chi connectivity index (χ0n) is 16.4. The Balaban J connectivity index is 1.41. The van der Waals surface area contributed by atoms with Gasteiger partial charge in [0.25, 0.3) is 0 Å². The van der Waals surface area contributed by atoms with Crippen LogP contribution < -0.4 is 0 Å². The lowest BCUT2D eigenvalue weighted by atomic mass is 9.85. The maximum atomic E-state index is 12.9. The number of likely N-dealkylation sites (tertiary alicyclic amines) is 2. The number of hydrogen-bond acceptors (Lipinski definition) is 4. The van der Waals surface area contributed by atoms with Crippen molar-refractivity contribution >= 4 is 22.6 Å². The van der Waals surface area contributed by atoms with E-state index in [0.29, 0.717) is 18.1 Å². The van der Waals surface area contributed by atoms with Crippen LogP contribution in [0, 0.1) is 5.41 Å². The minimum absolute atomic E-state index is 0.175. The van der Waals surface area contributed by atoms with Crippen LogP contribution in [0.2, 0.25) is 0 Å². The smallest absolute Gasteiger partial charge is 0.339 e. The van der Waals surface area contributed by atoms with Crippen LogP contribution >= 0.6 is 0 Å². The van der Waals surface area contributed by atoms with Crippen LogP contribution in [0.15, 0.2) is 30.3 Å². The van der Waals surface area contributed by atoms with E-state index in [4.69, 9.17) is 4.74 Å². The second-order valence-corrected chi connectivity index (χ2v) is 8.47. The van der Waals surface area contributed by atoms with Gasteiger partial charge in [-0.1, -0.05) is 31.2 Å². The highest BCUT2D eigenvalue weighted by atomic mass is 16.5. The summed E-state index contributed by atoms with van der Waals surface area (Å²) in [7, 11) is 0. The Hall–Kier alpha value is -2.40. The first-order valence-electron chi connectivity index (χ1n) is 10.3. The fraction of sp³-hybridized carbons (Fsp3) is 0.478. The Morgan fingerprint density at radius 3 is 2.82 bits per heavy atom. The van der Waals surface area contributed by atoms with Crippen molar-refractivity contribution in [3.05, 3.63) is 47.0 Å². The van der Waals surface area contributed by atoms with Crippen molar-refractivity contribution in [3.63, 3.8) is 0 Å². The third-order valence-corrected chi connectivity index (χ3v) is 6.72. The predicted octanol–water partition coefficient (Wildman–Crippen LogP) is 3.34. The Morgan fingerprint density at radius 1 is 1.11 bits per heavy atom. The summed E-state index contributed by atoms with van der Waals surface area (Å²) in [6, 6.07) is 10.1. The number of rotatable bonds is 4. The van der Waals surface area contributed by atoms with Crippen molar-refractivity contribution in [3.8, 4) is 0 Å². The highest BCUT2D eigenvalue weighted by Gasteiger charge is 2.50. The molecular formula is C23H26N2O3. The van der Waals surface area contributed by atoms with Gasteiger partial charge in [0.15, 0.2) is 0 Å². The van der Waals surface area contributed by atoms with Crippen LogP contribution in [0.3, 0.4) is 0 Å². The third kappa shape index (κ3) is 2.64. The van der Waals surface area contributed by atoms with Crippen LogP contribution in [0.1, 0.15) is 47.7 Å². The topological polar surface area (TPSA) is 49.9 Å². The summed E-state index contributed by atoms with van der Waals surface area (Å²) < 4.78 is 5.28. The summed E-state index contributed by atoms with van der Waals surface area (Å²) in [4.78, 5) is 29.6. The Morgan fingerprint density at radius 2 is 1.96 bits per heavy atom. The summed E-state index contributed by atoms with van der Waals surface area (Å²) in [6.07, 6.45) is 2.96. The molecule has 0 aliphatic carbocycles. The highest BCUT2D eigenvalue weighted by molar-refractivity contribution is 6.08. The van der Waals surface area contributed by atoms with Gasteiger partial charge in [0.05, 0.1) is 11.0 Å². The number of hydrogen-bond donors (Lipinski definition) is 0. The molecule has 3 aliphatic rings. The lowest BCUT2D eigenvalue weighted by Crippen LogP contribution is -2.37. The Kier molecular flexibility index (Phi) is 4.16. The van der Waals surface area contributed by atoms with Crippen LogP contribution in [-0.4, -0.2) is 47.9 Å². The summed E-state index contributed by atoms with van der Waals surface area (Å²) in [5, 5.41) is 2.18. The molecule has 5 heteroatoms. The normalized spacial score (nSPS) is 24.5. The minimum atomic E-state index is -0.233. The molecule has 5 rings (SSSR count). The largest absolute Gasteiger partial charge is 0.457 e. The monoisotopic (exact) mass is 378 g/mol. The summed E-state index contributed by atoms with van der Waals surface area (Å²) >= 11 is 0. The third-order valence-electron chi connectivity index (χ3n) is 6.72. The van der Waals surface area contributed by atoms with E-state index < -0.39 is 0 Å². The lowest BCUT2D eigenvalue weighted by Gasteiger charge is -2.24. The molecule has 5 nitrogen and oxygen atoms in total. The van der Waals surface area contributed by atoms with E-state index in [1.54, 1.807) is 0 Å². The zero-order valence-corrected chi connectivity index (χ0v) is 16.4. The molecule has 2 saturated heterocycles. The number of cyclic esters (lactones) is 1. The first-order chi connectivity index (χ1) is 13.6. The summed E-state index contributed by atoms with van der Waals surface area (Å²) in [6.45, 7) is 6.88. The molecule has 0 saturated carbocycles. The Labute approximate surface area is 165 Å². The summed E-state index contributed by atoms with van der Waals surface area (Å²) in [5.41, 5.74) is 2.79. The first-order valence-corrected chi connectivity index (χ1v) is 10.3. The number of nitrogens with zero attached hydrogens (tertiary/aromatic N) is 2. The molecule has 2 aromatic rings. The molecule has 1 unspecified atom stereocenters. The van der Waals surface area contributed by atoms with Crippen molar-refractivity contribution < 1.29 is 14.3 Å². The van der Waals surface area contributed by atoms with E-state index in [1.807, 2.05) is 12.1 Å². The standard InChI is InChI=1S/C23H26N2O3/c1-2-10-25-12-9-23(22(25)27)8-11-24(15-23)13-16-6-7-17-14-28-21(26)19-5-3-4-18(16)20(17)19/h3-7H,2,8-15H2,1H3. The van der Waals surface area contributed by atoms with Gasteiger partial charge < -0.3 is 9.64 Å². The van der Waals surface area contributed by atoms with Gasteiger partial charge in [0, 0.05) is 31.6 Å². The fourth-order valence-electron chi connectivity index (χ4n) is 5.28. The quantitative estimate of drug-likeness (QED) is 0.766. The van der Waals surface area contributed by atoms with Crippen molar-refractivity contribution in [2.24, 2.45) is 5.41 Å². The zero-order chi connectivity index (χ0) is 19.3. The predicted molar refractivity (Wildman–Crippen MR) is 107 cm³/mol. The average Bonchev–Trinajstić information content (AvgIpc) is 3.25. The van der Waals surface area contributed by atoms with E-state index in [0.717, 1.165) is 68.3 Å². The van der Waals surface area contributed by atoms with Crippen molar-refractivity contribution in [2.75, 3.05) is 26.2 Å². The van der Waals surface area contributed by atoms with Crippen LogP contribution in [0.5, 0.6) is 0 Å². The van der Waals surface area contributed by atoms with Gasteiger partial charge in [-0.25, -0.2) is 4.79 Å². The van der Waals surface area contributed by atoms with Gasteiger partial charge in [-0.05, 0) is 48.4 Å². The van der Waals surface area contributed by atoms with Crippen LogP contribution in [0.4, 0.5) is 0 Å². The number of carbonyl (C=O) groups is 2. The lowest BCUT2D eigenvalue weighted by molar-refractivity contribution is -0.135. The van der Waals surface area contributed by atoms with E-state index in [2.05, 4.69) is 34.9 Å². The molecule has 1 amide bonds. The fourth-order valence-corrected chi connectivity index (χ4v) is 5.28. The molecule has 28 heavy (non-hydrogen) atoms. The first kappa shape index (κ1) is 17.7. The van der Waals surface area contributed by atoms with E-state index in [1.165, 1.54) is 5.56 Å². The van der Waals surface area contributed by atoms with Gasteiger partial charge in [-0.3, -0.25) is 9.69 Å². The SMILES string of the molecule is CCCN1CCC2(CCN(Cc3ccc4c5c(cccc35)C(=O)OC4)C2)C1=O. The van der Waals surface area contributed by atoms with Crippen molar-refractivity contribution in [1.82, 2.24) is 9.80 Å². The molecule has 0 radical (unpaired) electrons. The molecule has 0 aromatic heterocycles. The van der Waals surface area contributed by atoms with Gasteiger partial charge in [-0.2, -0.15) is 0 Å². The molecule has 2 fully saturated rings. The molecule has 3 aliphatic heterocycles. The van der Waals surface area contributed by atoms with Crippen molar-refractivity contribution in [1.29, 1.82) is 0 Å². The number of esters is 1. The van der Waals surface area contributed by atoms with Gasteiger partial charge >= 0.3 is 5.97 Å². The Bertz CT molecular complexity index is 970. The van der Waals surface area contributed by atoms with Crippen LogP contribution in [0.25, 0.3) is 10.8 Å². The van der Waals surface area contributed by atoms with E-state index in [-0.39, 0.29) is 11.4 Å². The average molecular weight is 378 g/mol.